The lowest BCUT2D eigenvalue weighted by atomic mass is 9.83. The van der Waals surface area contributed by atoms with E-state index in [0.717, 1.165) is 32.3 Å². The molecule has 0 saturated carbocycles. The molecule has 2 atom stereocenters. The van der Waals surface area contributed by atoms with Gasteiger partial charge in [-0.25, -0.2) is 14.5 Å². The van der Waals surface area contributed by atoms with E-state index in [0.29, 0.717) is 36.0 Å². The Morgan fingerprint density at radius 2 is 1.79 bits per heavy atom. The van der Waals surface area contributed by atoms with Gasteiger partial charge in [0, 0.05) is 45.0 Å². The van der Waals surface area contributed by atoms with Crippen LogP contribution in [0.25, 0.3) is 11.3 Å². The van der Waals surface area contributed by atoms with Crippen molar-refractivity contribution in [3.8, 4) is 5.69 Å². The number of unbranched alkanes of at least 4 members (excludes halogenated alkanes) is 1. The first-order valence-corrected chi connectivity index (χ1v) is 12.0. The molecule has 34 heavy (non-hydrogen) atoms. The number of nitrogens with zero attached hydrogens (tertiary/aromatic N) is 2. The number of hydrogen-bond donors (Lipinski definition) is 3. The van der Waals surface area contributed by atoms with Gasteiger partial charge in [0.2, 0.25) is 0 Å². The number of aliphatic hydroxyl groups is 2. The number of ether oxygens (including phenoxy) is 2. The van der Waals surface area contributed by atoms with Gasteiger partial charge in [0.05, 0.1) is 11.4 Å². The summed E-state index contributed by atoms with van der Waals surface area (Å²) >= 11 is 0. The highest BCUT2D eigenvalue weighted by Gasteiger charge is 2.29. The number of methoxy groups -OCH3 is 2. The molecule has 8 heteroatoms. The zero-order valence-electron chi connectivity index (χ0n) is 20.6. The summed E-state index contributed by atoms with van der Waals surface area (Å²) in [4.78, 5) is 12.7. The van der Waals surface area contributed by atoms with Crippen molar-refractivity contribution in [2.75, 3.05) is 27.4 Å². The van der Waals surface area contributed by atoms with E-state index in [2.05, 4.69) is 10.2 Å². The molecule has 0 aliphatic heterocycles. The Labute approximate surface area is 200 Å². The highest BCUT2D eigenvalue weighted by atomic mass is 16.5. The van der Waals surface area contributed by atoms with Crippen LogP contribution in [-0.4, -0.2) is 52.4 Å². The molecule has 186 valence electrons. The van der Waals surface area contributed by atoms with E-state index in [9.17, 15) is 15.0 Å². The second kappa shape index (κ2) is 12.0. The van der Waals surface area contributed by atoms with Gasteiger partial charge in [0.25, 0.3) is 0 Å². The van der Waals surface area contributed by atoms with E-state index in [-0.39, 0.29) is 29.0 Å². The molecule has 0 saturated heterocycles. The van der Waals surface area contributed by atoms with Crippen molar-refractivity contribution in [3.05, 3.63) is 63.7 Å². The number of rotatable bonds is 12. The number of H-pyrrole nitrogens is 1. The summed E-state index contributed by atoms with van der Waals surface area (Å²) in [5.74, 6) is 0.829. The van der Waals surface area contributed by atoms with E-state index >= 15 is 0 Å². The normalized spacial score (nSPS) is 17.3. The first-order valence-electron chi connectivity index (χ1n) is 12.0. The van der Waals surface area contributed by atoms with Crippen molar-refractivity contribution >= 4 is 5.57 Å². The predicted molar refractivity (Wildman–Crippen MR) is 132 cm³/mol. The van der Waals surface area contributed by atoms with Crippen molar-refractivity contribution in [1.82, 2.24) is 14.8 Å². The number of allylic oxidation sites excluding steroid dienone is 3. The molecular weight excluding hydrogens is 434 g/mol. The zero-order valence-corrected chi connectivity index (χ0v) is 20.6. The molecule has 2 unspecified atom stereocenters. The highest BCUT2D eigenvalue weighted by Crippen LogP contribution is 2.37. The predicted octanol–water partition coefficient (Wildman–Crippen LogP) is 4.88. The van der Waals surface area contributed by atoms with Crippen LogP contribution in [-0.2, 0) is 9.47 Å². The summed E-state index contributed by atoms with van der Waals surface area (Å²) in [5, 5.41) is 27.5. The van der Waals surface area contributed by atoms with Gasteiger partial charge in [-0.2, -0.15) is 5.10 Å². The maximum atomic E-state index is 12.7. The summed E-state index contributed by atoms with van der Waals surface area (Å²) in [6, 6.07) is 7.93. The van der Waals surface area contributed by atoms with Crippen LogP contribution >= 0.6 is 0 Å². The Bertz CT molecular complexity index is 1050. The van der Waals surface area contributed by atoms with Gasteiger partial charge in [-0.15, -0.1) is 0 Å². The van der Waals surface area contributed by atoms with E-state index in [1.165, 1.54) is 16.2 Å². The maximum absolute atomic E-state index is 12.7. The lowest BCUT2D eigenvalue weighted by Gasteiger charge is -2.25. The van der Waals surface area contributed by atoms with Gasteiger partial charge >= 0.3 is 5.69 Å². The number of benzene rings is 1. The van der Waals surface area contributed by atoms with E-state index < -0.39 is 0 Å². The molecule has 0 amide bonds. The molecule has 1 heterocycles. The Morgan fingerprint density at radius 3 is 2.44 bits per heavy atom. The Hall–Kier alpha value is -2.84. The maximum Gasteiger partial charge on any atom is 0.348 e. The van der Waals surface area contributed by atoms with Crippen LogP contribution < -0.4 is 5.69 Å². The third-order valence-corrected chi connectivity index (χ3v) is 6.59. The fraction of sp³-hybridized carbons (Fsp3) is 0.538. The van der Waals surface area contributed by atoms with E-state index in [1.54, 1.807) is 14.2 Å². The molecular formula is C26H37N3O5. The highest BCUT2D eigenvalue weighted by molar-refractivity contribution is 5.68. The van der Waals surface area contributed by atoms with Crippen molar-refractivity contribution in [1.29, 1.82) is 0 Å². The molecule has 1 aliphatic carbocycles. The number of aliphatic hydroxyl groups excluding tert-OH is 2. The van der Waals surface area contributed by atoms with Crippen molar-refractivity contribution in [3.63, 3.8) is 0 Å². The van der Waals surface area contributed by atoms with Gasteiger partial charge in [-0.1, -0.05) is 32.4 Å². The van der Waals surface area contributed by atoms with Crippen LogP contribution in [0.2, 0.25) is 0 Å². The molecule has 1 aliphatic rings. The zero-order chi connectivity index (χ0) is 24.7. The SMILES string of the molecule is COCCCCC(CCOC)c1ccc(-n2c(C3=C(O)C=C(O)C(C(C)C)C3)n[nH]c2=O)cc1. The van der Waals surface area contributed by atoms with Crippen LogP contribution in [0.3, 0.4) is 0 Å². The van der Waals surface area contributed by atoms with Gasteiger partial charge in [0.1, 0.15) is 5.76 Å². The summed E-state index contributed by atoms with van der Waals surface area (Å²) in [7, 11) is 3.43. The van der Waals surface area contributed by atoms with Gasteiger partial charge < -0.3 is 19.7 Å². The average Bonchev–Trinajstić information content (AvgIpc) is 3.19. The summed E-state index contributed by atoms with van der Waals surface area (Å²) in [6.07, 6.45) is 5.81. The van der Waals surface area contributed by atoms with E-state index in [1.807, 2.05) is 38.1 Å². The second-order valence-electron chi connectivity index (χ2n) is 9.23. The minimum atomic E-state index is -0.376. The van der Waals surface area contributed by atoms with Crippen LogP contribution in [0.5, 0.6) is 0 Å². The van der Waals surface area contributed by atoms with Crippen molar-refractivity contribution < 1.29 is 19.7 Å². The lowest BCUT2D eigenvalue weighted by Crippen LogP contribution is -2.21. The monoisotopic (exact) mass is 471 g/mol. The van der Waals surface area contributed by atoms with E-state index in [4.69, 9.17) is 9.47 Å². The lowest BCUT2D eigenvalue weighted by molar-refractivity contribution is 0.180. The largest absolute Gasteiger partial charge is 0.512 e. The summed E-state index contributed by atoms with van der Waals surface area (Å²) in [6.45, 7) is 5.48. The molecule has 1 aromatic carbocycles. The molecule has 1 aromatic heterocycles. The smallest absolute Gasteiger partial charge is 0.348 e. The first kappa shape index (κ1) is 25.8. The molecule has 0 radical (unpaired) electrons. The topological polar surface area (TPSA) is 110 Å². The summed E-state index contributed by atoms with van der Waals surface area (Å²) < 4.78 is 12.0. The standard InChI is InChI=1S/C26H37N3O5/c1-17(2)21-15-22(24(31)16-23(21)30)25-27-28-26(32)29(25)20-10-8-19(9-11-20)18(12-14-34-4)7-5-6-13-33-3/h8-11,16-18,21,30-31H,5-7,12-15H2,1-4H3,(H,28,32). The van der Waals surface area contributed by atoms with Gasteiger partial charge in [0.15, 0.2) is 5.82 Å². The van der Waals surface area contributed by atoms with Gasteiger partial charge in [-0.3, -0.25) is 0 Å². The molecule has 0 bridgehead atoms. The third kappa shape index (κ3) is 5.98. The van der Waals surface area contributed by atoms with Crippen LogP contribution in [0, 0.1) is 11.8 Å². The number of aromatic amines is 1. The number of hydrogen-bond acceptors (Lipinski definition) is 6. The number of nitrogens with one attached hydrogen (secondary N) is 1. The molecule has 8 nitrogen and oxygen atoms in total. The second-order valence-corrected chi connectivity index (χ2v) is 9.23. The average molecular weight is 472 g/mol. The Morgan fingerprint density at radius 1 is 1.09 bits per heavy atom. The molecule has 3 N–H and O–H groups in total. The van der Waals surface area contributed by atoms with Crippen molar-refractivity contribution in [2.45, 2.75) is 51.9 Å². The first-order chi connectivity index (χ1) is 16.4. The van der Waals surface area contributed by atoms with Crippen LogP contribution in [0.15, 0.2) is 46.7 Å². The summed E-state index contributed by atoms with van der Waals surface area (Å²) in [5.41, 5.74) is 2.03. The molecule has 0 spiro atoms. The van der Waals surface area contributed by atoms with Gasteiger partial charge in [-0.05, 0) is 55.2 Å². The fourth-order valence-corrected chi connectivity index (χ4v) is 4.56. The molecule has 3 rings (SSSR count). The molecule has 2 aromatic rings. The minimum Gasteiger partial charge on any atom is -0.512 e. The van der Waals surface area contributed by atoms with Crippen molar-refractivity contribution in [2.24, 2.45) is 11.8 Å². The third-order valence-electron chi connectivity index (χ3n) is 6.59. The minimum absolute atomic E-state index is 0.0676. The fourth-order valence-electron chi connectivity index (χ4n) is 4.56. The quantitative estimate of drug-likeness (QED) is 0.381. The van der Waals surface area contributed by atoms with Crippen LogP contribution in [0.4, 0.5) is 0 Å². The Kier molecular flexibility index (Phi) is 9.12. The van der Waals surface area contributed by atoms with Crippen LogP contribution in [0.1, 0.15) is 63.3 Å². The number of aromatic nitrogens is 3. The molecule has 0 fully saturated rings. The Balaban J connectivity index is 1.88.